The second-order valence-electron chi connectivity index (χ2n) is 6.82. The minimum absolute atomic E-state index is 0.0810. The number of carbonyl (C=O) groups excluding carboxylic acids is 1. The van der Waals surface area contributed by atoms with Crippen molar-refractivity contribution in [2.75, 3.05) is 19.0 Å². The van der Waals surface area contributed by atoms with Crippen molar-refractivity contribution in [1.29, 1.82) is 0 Å². The fourth-order valence-electron chi connectivity index (χ4n) is 2.78. The van der Waals surface area contributed by atoms with Gasteiger partial charge in [0.25, 0.3) is 0 Å². The molecule has 1 amide bonds. The fraction of sp³-hybridized carbons (Fsp3) is 0.333. The standard InChI is InChI=1S/C21H25NO5/c1-14-9-15(2)11-17(10-14)22-19(23)12-16-5-7-18(8-6-16)27-21(3,13-26-4)20(24)25/h5-11H,12-13H2,1-4H3,(H,22,23)(H,24,25). The Morgan fingerprint density at radius 2 is 1.67 bits per heavy atom. The SMILES string of the molecule is COCC(C)(Oc1ccc(CC(=O)Nc2cc(C)cc(C)c2)cc1)C(=O)O. The van der Waals surface area contributed by atoms with Crippen LogP contribution >= 0.6 is 0 Å². The van der Waals surface area contributed by atoms with Gasteiger partial charge >= 0.3 is 5.97 Å². The zero-order chi connectivity index (χ0) is 20.0. The van der Waals surface area contributed by atoms with Gasteiger partial charge in [0.05, 0.1) is 13.0 Å². The highest BCUT2D eigenvalue weighted by Crippen LogP contribution is 2.21. The monoisotopic (exact) mass is 371 g/mol. The fourth-order valence-corrected chi connectivity index (χ4v) is 2.78. The van der Waals surface area contributed by atoms with E-state index in [9.17, 15) is 14.7 Å². The molecule has 0 saturated heterocycles. The van der Waals surface area contributed by atoms with Crippen LogP contribution in [0, 0.1) is 13.8 Å². The molecule has 0 aromatic heterocycles. The highest BCUT2D eigenvalue weighted by Gasteiger charge is 2.35. The summed E-state index contributed by atoms with van der Waals surface area (Å²) in [5.41, 5.74) is 2.27. The lowest BCUT2D eigenvalue weighted by atomic mass is 10.1. The summed E-state index contributed by atoms with van der Waals surface area (Å²) in [6, 6.07) is 12.7. The summed E-state index contributed by atoms with van der Waals surface area (Å²) in [6.07, 6.45) is 0.210. The van der Waals surface area contributed by atoms with Gasteiger partial charge < -0.3 is 19.9 Å². The van der Waals surface area contributed by atoms with Crippen molar-refractivity contribution < 1.29 is 24.2 Å². The maximum atomic E-state index is 12.3. The van der Waals surface area contributed by atoms with Crippen LogP contribution in [0.15, 0.2) is 42.5 Å². The van der Waals surface area contributed by atoms with E-state index in [0.29, 0.717) is 5.75 Å². The van der Waals surface area contributed by atoms with Gasteiger partial charge in [-0.15, -0.1) is 0 Å². The first-order valence-corrected chi connectivity index (χ1v) is 8.60. The molecule has 1 atom stereocenters. The third kappa shape index (κ3) is 5.82. The zero-order valence-corrected chi connectivity index (χ0v) is 16.0. The Morgan fingerprint density at radius 1 is 1.07 bits per heavy atom. The zero-order valence-electron chi connectivity index (χ0n) is 16.0. The van der Waals surface area contributed by atoms with Gasteiger partial charge in [0.2, 0.25) is 11.5 Å². The molecule has 2 rings (SSSR count). The van der Waals surface area contributed by atoms with Crippen LogP contribution in [0.2, 0.25) is 0 Å². The molecule has 0 aliphatic heterocycles. The van der Waals surface area contributed by atoms with Gasteiger partial charge in [-0.05, 0) is 61.7 Å². The molecule has 2 aromatic rings. The number of carboxylic acids is 1. The molecule has 2 aromatic carbocycles. The molecule has 0 heterocycles. The molecule has 0 radical (unpaired) electrons. The van der Waals surface area contributed by atoms with Crippen LogP contribution in [0.1, 0.15) is 23.6 Å². The summed E-state index contributed by atoms with van der Waals surface area (Å²) in [5.74, 6) is -0.833. The summed E-state index contributed by atoms with van der Waals surface area (Å²) >= 11 is 0. The van der Waals surface area contributed by atoms with Gasteiger partial charge in [0.15, 0.2) is 0 Å². The van der Waals surface area contributed by atoms with Gasteiger partial charge in [-0.25, -0.2) is 4.79 Å². The van der Waals surface area contributed by atoms with E-state index >= 15 is 0 Å². The van der Waals surface area contributed by atoms with Crippen molar-refractivity contribution in [3.8, 4) is 5.75 Å². The van der Waals surface area contributed by atoms with E-state index in [-0.39, 0.29) is 18.9 Å². The van der Waals surface area contributed by atoms with Crippen LogP contribution < -0.4 is 10.1 Å². The van der Waals surface area contributed by atoms with E-state index in [0.717, 1.165) is 22.4 Å². The molecule has 2 N–H and O–H groups in total. The Balaban J connectivity index is 2.00. The number of amides is 1. The highest BCUT2D eigenvalue weighted by atomic mass is 16.6. The molecule has 0 aliphatic rings. The Labute approximate surface area is 159 Å². The minimum Gasteiger partial charge on any atom is -0.478 e. The molecule has 0 saturated carbocycles. The largest absolute Gasteiger partial charge is 0.478 e. The quantitative estimate of drug-likeness (QED) is 0.743. The van der Waals surface area contributed by atoms with Crippen molar-refractivity contribution >= 4 is 17.6 Å². The first-order chi connectivity index (χ1) is 12.7. The van der Waals surface area contributed by atoms with Gasteiger partial charge in [0, 0.05) is 12.8 Å². The van der Waals surface area contributed by atoms with Crippen molar-refractivity contribution in [2.45, 2.75) is 32.8 Å². The van der Waals surface area contributed by atoms with E-state index < -0.39 is 11.6 Å². The number of carbonyl (C=O) groups is 2. The number of benzene rings is 2. The Bertz CT molecular complexity index is 796. The predicted octanol–water partition coefficient (Wildman–Crippen LogP) is 3.35. The lowest BCUT2D eigenvalue weighted by Crippen LogP contribution is -2.45. The first kappa shape index (κ1) is 20.5. The molecule has 6 nitrogen and oxygen atoms in total. The lowest BCUT2D eigenvalue weighted by molar-refractivity contribution is -0.158. The smallest absolute Gasteiger partial charge is 0.350 e. The van der Waals surface area contributed by atoms with Crippen LogP contribution in [0.3, 0.4) is 0 Å². The number of hydrogen-bond acceptors (Lipinski definition) is 4. The molecule has 0 aliphatic carbocycles. The van der Waals surface area contributed by atoms with E-state index in [2.05, 4.69) is 5.32 Å². The van der Waals surface area contributed by atoms with E-state index in [1.54, 1.807) is 24.3 Å². The number of nitrogens with one attached hydrogen (secondary N) is 1. The highest BCUT2D eigenvalue weighted by molar-refractivity contribution is 5.92. The predicted molar refractivity (Wildman–Crippen MR) is 103 cm³/mol. The van der Waals surface area contributed by atoms with Gasteiger partial charge in [-0.2, -0.15) is 0 Å². The molecule has 144 valence electrons. The van der Waals surface area contributed by atoms with Gasteiger partial charge in [0.1, 0.15) is 5.75 Å². The Hall–Kier alpha value is -2.86. The third-order valence-electron chi connectivity index (χ3n) is 4.01. The summed E-state index contributed by atoms with van der Waals surface area (Å²) in [7, 11) is 1.42. The number of rotatable bonds is 8. The molecule has 6 heteroatoms. The number of aliphatic carboxylic acids is 1. The first-order valence-electron chi connectivity index (χ1n) is 8.60. The normalized spacial score (nSPS) is 12.9. The summed E-state index contributed by atoms with van der Waals surface area (Å²) in [4.78, 5) is 23.6. The molecule has 1 unspecified atom stereocenters. The number of aryl methyl sites for hydroxylation is 2. The third-order valence-corrected chi connectivity index (χ3v) is 4.01. The van der Waals surface area contributed by atoms with Crippen LogP contribution in [0.4, 0.5) is 5.69 Å². The second-order valence-corrected chi connectivity index (χ2v) is 6.82. The summed E-state index contributed by atoms with van der Waals surface area (Å²) in [6.45, 7) is 5.33. The topological polar surface area (TPSA) is 84.9 Å². The number of anilines is 1. The van der Waals surface area contributed by atoms with Gasteiger partial charge in [-0.3, -0.25) is 4.79 Å². The average molecular weight is 371 g/mol. The van der Waals surface area contributed by atoms with Crippen LogP contribution in [0.5, 0.6) is 5.75 Å². The van der Waals surface area contributed by atoms with Crippen molar-refractivity contribution in [1.82, 2.24) is 0 Å². The number of carboxylic acid groups (broad SMARTS) is 1. The van der Waals surface area contributed by atoms with Gasteiger partial charge in [-0.1, -0.05) is 18.2 Å². The molecule has 0 bridgehead atoms. The Kier molecular flexibility index (Phi) is 6.58. The van der Waals surface area contributed by atoms with E-state index in [1.165, 1.54) is 14.0 Å². The maximum absolute atomic E-state index is 12.3. The summed E-state index contributed by atoms with van der Waals surface area (Å²) < 4.78 is 10.5. The van der Waals surface area contributed by atoms with Crippen molar-refractivity contribution in [3.05, 3.63) is 59.2 Å². The van der Waals surface area contributed by atoms with Crippen LogP contribution in [0.25, 0.3) is 0 Å². The van der Waals surface area contributed by atoms with E-state index in [4.69, 9.17) is 9.47 Å². The molecule has 0 spiro atoms. The second kappa shape index (κ2) is 8.68. The molecule has 27 heavy (non-hydrogen) atoms. The van der Waals surface area contributed by atoms with E-state index in [1.807, 2.05) is 32.0 Å². The van der Waals surface area contributed by atoms with Crippen molar-refractivity contribution in [2.24, 2.45) is 0 Å². The van der Waals surface area contributed by atoms with Crippen LogP contribution in [-0.4, -0.2) is 36.3 Å². The minimum atomic E-state index is -1.48. The number of hydrogen-bond donors (Lipinski definition) is 2. The molecular weight excluding hydrogens is 346 g/mol. The van der Waals surface area contributed by atoms with Crippen LogP contribution in [-0.2, 0) is 20.7 Å². The maximum Gasteiger partial charge on any atom is 0.350 e. The molecular formula is C21H25NO5. The summed E-state index contributed by atoms with van der Waals surface area (Å²) in [5, 5.41) is 12.2. The lowest BCUT2D eigenvalue weighted by Gasteiger charge is -2.25. The van der Waals surface area contributed by atoms with Crippen molar-refractivity contribution in [3.63, 3.8) is 0 Å². The number of methoxy groups -OCH3 is 1. The molecule has 0 fully saturated rings. The Morgan fingerprint density at radius 3 is 2.19 bits per heavy atom. The number of ether oxygens (including phenoxy) is 2. The average Bonchev–Trinajstić information content (AvgIpc) is 2.55.